The molecule has 0 aromatic rings. The van der Waals surface area contributed by atoms with Crippen LogP contribution in [0.1, 0.15) is 53.9 Å². The highest BCUT2D eigenvalue weighted by Crippen LogP contribution is 2.28. The average molecular weight is 227 g/mol. The number of amides is 1. The lowest BCUT2D eigenvalue weighted by atomic mass is 9.80. The van der Waals surface area contributed by atoms with Gasteiger partial charge in [0, 0.05) is 6.04 Å². The summed E-state index contributed by atoms with van der Waals surface area (Å²) in [6.45, 7) is 10.1. The molecule has 0 spiro atoms. The van der Waals surface area contributed by atoms with Gasteiger partial charge in [-0.25, -0.2) is 4.79 Å². The van der Waals surface area contributed by atoms with Crippen molar-refractivity contribution in [2.24, 2.45) is 11.8 Å². The summed E-state index contributed by atoms with van der Waals surface area (Å²) in [5, 5.41) is 2.99. The van der Waals surface area contributed by atoms with Gasteiger partial charge in [-0.15, -0.1) is 0 Å². The van der Waals surface area contributed by atoms with Gasteiger partial charge in [0.25, 0.3) is 0 Å². The lowest BCUT2D eigenvalue weighted by Crippen LogP contribution is -2.44. The molecule has 0 aromatic carbocycles. The van der Waals surface area contributed by atoms with Crippen molar-refractivity contribution in [3.63, 3.8) is 0 Å². The first-order valence-electron chi connectivity index (χ1n) is 6.27. The molecule has 1 N–H and O–H groups in total. The van der Waals surface area contributed by atoms with Crippen LogP contribution in [0.15, 0.2) is 0 Å². The maximum absolute atomic E-state index is 11.6. The van der Waals surface area contributed by atoms with Crippen molar-refractivity contribution >= 4 is 6.09 Å². The first-order chi connectivity index (χ1) is 7.28. The molecular weight excluding hydrogens is 202 g/mol. The summed E-state index contributed by atoms with van der Waals surface area (Å²) in [6.07, 6.45) is 3.26. The second-order valence-corrected chi connectivity index (χ2v) is 6.15. The molecular formula is C13H25NO2. The molecule has 0 radical (unpaired) electrons. The average Bonchev–Trinajstić information content (AvgIpc) is 2.08. The maximum atomic E-state index is 11.6. The van der Waals surface area contributed by atoms with Gasteiger partial charge >= 0.3 is 6.09 Å². The highest BCUT2D eigenvalue weighted by Gasteiger charge is 2.28. The zero-order chi connectivity index (χ0) is 12.3. The molecule has 1 rings (SSSR count). The van der Waals surface area contributed by atoms with E-state index in [0.717, 1.165) is 6.42 Å². The van der Waals surface area contributed by atoms with E-state index in [1.54, 1.807) is 0 Å². The third-order valence-corrected chi connectivity index (χ3v) is 3.16. The number of carbonyl (C=O) groups is 1. The fourth-order valence-electron chi connectivity index (χ4n) is 2.19. The predicted molar refractivity (Wildman–Crippen MR) is 65.3 cm³/mol. The number of nitrogens with one attached hydrogen (secondary N) is 1. The number of hydrogen-bond acceptors (Lipinski definition) is 2. The van der Waals surface area contributed by atoms with Gasteiger partial charge in [0.05, 0.1) is 0 Å². The summed E-state index contributed by atoms with van der Waals surface area (Å²) in [6, 6.07) is 0.276. The van der Waals surface area contributed by atoms with Gasteiger partial charge in [0.2, 0.25) is 0 Å². The number of alkyl carbamates (subject to hydrolysis) is 1. The molecule has 1 aliphatic rings. The molecule has 16 heavy (non-hydrogen) atoms. The largest absolute Gasteiger partial charge is 0.444 e. The van der Waals surface area contributed by atoms with Crippen LogP contribution in [0.2, 0.25) is 0 Å². The molecule has 1 aliphatic carbocycles. The summed E-state index contributed by atoms with van der Waals surface area (Å²) in [5.41, 5.74) is -0.409. The fraction of sp³-hybridized carbons (Fsp3) is 0.923. The van der Waals surface area contributed by atoms with E-state index >= 15 is 0 Å². The Balaban J connectivity index is 2.43. The Labute approximate surface area is 98.9 Å². The maximum Gasteiger partial charge on any atom is 0.407 e. The first-order valence-corrected chi connectivity index (χ1v) is 6.27. The molecule has 94 valence electrons. The topological polar surface area (TPSA) is 38.3 Å². The second kappa shape index (κ2) is 5.07. The quantitative estimate of drug-likeness (QED) is 0.746. The van der Waals surface area contributed by atoms with E-state index in [4.69, 9.17) is 4.74 Å². The van der Waals surface area contributed by atoms with Gasteiger partial charge in [0.15, 0.2) is 0 Å². The van der Waals surface area contributed by atoms with E-state index in [9.17, 15) is 4.79 Å². The van der Waals surface area contributed by atoms with E-state index in [0.29, 0.717) is 11.8 Å². The summed E-state index contributed by atoms with van der Waals surface area (Å²) in [5.74, 6) is 1.26. The van der Waals surface area contributed by atoms with E-state index < -0.39 is 5.60 Å². The Bertz CT molecular complexity index is 245. The molecule has 1 saturated carbocycles. The fourth-order valence-corrected chi connectivity index (χ4v) is 2.19. The standard InChI is InChI=1S/C13H25NO2/c1-9-6-7-10(2)11(8-9)14-12(15)16-13(3,4)5/h9-11H,6-8H2,1-5H3,(H,14,15)/t9-,10+,11?/m1/s1. The van der Waals surface area contributed by atoms with E-state index in [1.165, 1.54) is 12.8 Å². The van der Waals surface area contributed by atoms with Gasteiger partial charge < -0.3 is 10.1 Å². The van der Waals surface area contributed by atoms with Gasteiger partial charge in [-0.1, -0.05) is 20.3 Å². The summed E-state index contributed by atoms with van der Waals surface area (Å²) < 4.78 is 5.27. The smallest absolute Gasteiger partial charge is 0.407 e. The third-order valence-electron chi connectivity index (χ3n) is 3.16. The summed E-state index contributed by atoms with van der Waals surface area (Å²) in [4.78, 5) is 11.6. The molecule has 0 aliphatic heterocycles. The van der Waals surface area contributed by atoms with Crippen LogP contribution in [0.25, 0.3) is 0 Å². The van der Waals surface area contributed by atoms with Crippen LogP contribution in [-0.2, 0) is 4.74 Å². The number of rotatable bonds is 1. The van der Waals surface area contributed by atoms with Crippen molar-refractivity contribution < 1.29 is 9.53 Å². The molecule has 1 fully saturated rings. The van der Waals surface area contributed by atoms with E-state index in [2.05, 4.69) is 19.2 Å². The van der Waals surface area contributed by atoms with Crippen molar-refractivity contribution in [3.05, 3.63) is 0 Å². The zero-order valence-electron chi connectivity index (χ0n) is 11.2. The van der Waals surface area contributed by atoms with Crippen molar-refractivity contribution in [1.82, 2.24) is 5.32 Å². The van der Waals surface area contributed by atoms with Gasteiger partial charge in [-0.2, -0.15) is 0 Å². The molecule has 3 atom stereocenters. The number of hydrogen-bond donors (Lipinski definition) is 1. The van der Waals surface area contributed by atoms with Crippen molar-refractivity contribution in [2.45, 2.75) is 65.5 Å². The monoisotopic (exact) mass is 227 g/mol. The lowest BCUT2D eigenvalue weighted by Gasteiger charge is -2.33. The molecule has 1 amide bonds. The van der Waals surface area contributed by atoms with Crippen molar-refractivity contribution in [2.75, 3.05) is 0 Å². The highest BCUT2D eigenvalue weighted by atomic mass is 16.6. The molecule has 0 heterocycles. The second-order valence-electron chi connectivity index (χ2n) is 6.15. The molecule has 0 bridgehead atoms. The van der Waals surface area contributed by atoms with Crippen molar-refractivity contribution in [3.8, 4) is 0 Å². The van der Waals surface area contributed by atoms with Crippen LogP contribution in [0.5, 0.6) is 0 Å². The third kappa shape index (κ3) is 4.42. The minimum absolute atomic E-state index is 0.276. The zero-order valence-corrected chi connectivity index (χ0v) is 11.2. The van der Waals surface area contributed by atoms with Gasteiger partial charge in [0.1, 0.15) is 5.60 Å². The van der Waals surface area contributed by atoms with Crippen LogP contribution < -0.4 is 5.32 Å². The Kier molecular flexibility index (Phi) is 4.22. The number of ether oxygens (including phenoxy) is 1. The molecule has 3 nitrogen and oxygen atoms in total. The summed E-state index contributed by atoms with van der Waals surface area (Å²) in [7, 11) is 0. The Hall–Kier alpha value is -0.730. The van der Waals surface area contributed by atoms with Crippen LogP contribution in [0, 0.1) is 11.8 Å². The van der Waals surface area contributed by atoms with Gasteiger partial charge in [-0.05, 0) is 45.4 Å². The highest BCUT2D eigenvalue weighted by molar-refractivity contribution is 5.68. The predicted octanol–water partition coefficient (Wildman–Crippen LogP) is 3.34. The minimum atomic E-state index is -0.409. The van der Waals surface area contributed by atoms with Crippen molar-refractivity contribution in [1.29, 1.82) is 0 Å². The lowest BCUT2D eigenvalue weighted by molar-refractivity contribution is 0.0462. The SMILES string of the molecule is C[C@@H]1CC[C@H](C)C(NC(=O)OC(C)(C)C)C1. The van der Waals surface area contributed by atoms with Crippen LogP contribution >= 0.6 is 0 Å². The van der Waals surface area contributed by atoms with Crippen LogP contribution in [0.3, 0.4) is 0 Å². The van der Waals surface area contributed by atoms with Crippen LogP contribution in [-0.4, -0.2) is 17.7 Å². The molecule has 1 unspecified atom stereocenters. The Morgan fingerprint density at radius 3 is 2.44 bits per heavy atom. The summed E-state index contributed by atoms with van der Waals surface area (Å²) >= 11 is 0. The number of carbonyl (C=O) groups excluding carboxylic acids is 1. The molecule has 0 aromatic heterocycles. The molecule has 0 saturated heterocycles. The normalized spacial score (nSPS) is 30.9. The van der Waals surface area contributed by atoms with Gasteiger partial charge in [-0.3, -0.25) is 0 Å². The van der Waals surface area contributed by atoms with E-state index in [-0.39, 0.29) is 12.1 Å². The Morgan fingerprint density at radius 1 is 1.25 bits per heavy atom. The first kappa shape index (κ1) is 13.3. The minimum Gasteiger partial charge on any atom is -0.444 e. The Morgan fingerprint density at radius 2 is 1.88 bits per heavy atom. The van der Waals surface area contributed by atoms with Crippen LogP contribution in [0.4, 0.5) is 4.79 Å². The molecule has 3 heteroatoms. The van der Waals surface area contributed by atoms with E-state index in [1.807, 2.05) is 20.8 Å².